The van der Waals surface area contributed by atoms with Gasteiger partial charge < -0.3 is 19.7 Å². The monoisotopic (exact) mass is 392 g/mol. The van der Waals surface area contributed by atoms with E-state index >= 15 is 0 Å². The van der Waals surface area contributed by atoms with Crippen molar-refractivity contribution >= 4 is 17.5 Å². The Bertz CT molecular complexity index is 976. The van der Waals surface area contributed by atoms with E-state index in [0.29, 0.717) is 38.0 Å². The molecule has 0 spiro atoms. The van der Waals surface area contributed by atoms with Crippen LogP contribution in [0.25, 0.3) is 0 Å². The van der Waals surface area contributed by atoms with Crippen LogP contribution in [0.15, 0.2) is 30.7 Å². The number of anilines is 1. The first-order valence-electron chi connectivity index (χ1n) is 9.84. The van der Waals surface area contributed by atoms with Gasteiger partial charge in [-0.05, 0) is 36.6 Å². The fraction of sp³-hybridized carbons (Fsp3) is 0.429. The Hall–Kier alpha value is -3.34. The minimum Gasteiger partial charge on any atom is -0.363 e. The molecule has 8 heteroatoms. The van der Waals surface area contributed by atoms with Crippen molar-refractivity contribution in [2.75, 3.05) is 24.5 Å². The van der Waals surface area contributed by atoms with Crippen LogP contribution in [-0.4, -0.2) is 51.9 Å². The number of aryl methyl sites for hydroxylation is 1. The Morgan fingerprint density at radius 1 is 1.38 bits per heavy atom. The number of carbonyl (C=O) groups is 2. The predicted molar refractivity (Wildman–Crippen MR) is 107 cm³/mol. The molecule has 1 unspecified atom stereocenters. The maximum Gasteiger partial charge on any atom is 0.239 e. The lowest BCUT2D eigenvalue weighted by atomic mass is 9.95. The standard InChI is InChI=1S/C21H24N6O2/c1-25-14-23-10-18(25)12-27-11-17(8-16-7-15(9-22)4-5-19(16)27)24-20(28)13-26-6-2-3-21(26)29/h4-5,7,10,14,17H,2-3,6,8,11-13H2,1H3,(H,24,28). The molecule has 8 nitrogen and oxygen atoms in total. The molecule has 1 aromatic carbocycles. The summed E-state index contributed by atoms with van der Waals surface area (Å²) in [6.45, 7) is 2.08. The van der Waals surface area contributed by atoms with Crippen molar-refractivity contribution in [2.45, 2.75) is 31.8 Å². The lowest BCUT2D eigenvalue weighted by Crippen LogP contribution is -2.50. The van der Waals surface area contributed by atoms with Crippen LogP contribution in [0, 0.1) is 11.3 Å². The maximum atomic E-state index is 12.5. The number of likely N-dealkylation sites (tertiary alicyclic amines) is 1. The number of nitrogens with zero attached hydrogens (tertiary/aromatic N) is 5. The van der Waals surface area contributed by atoms with Gasteiger partial charge >= 0.3 is 0 Å². The second-order valence-corrected chi connectivity index (χ2v) is 7.72. The summed E-state index contributed by atoms with van der Waals surface area (Å²) < 4.78 is 1.98. The number of benzene rings is 1. The molecule has 1 atom stereocenters. The zero-order valence-corrected chi connectivity index (χ0v) is 16.5. The van der Waals surface area contributed by atoms with Crippen LogP contribution >= 0.6 is 0 Å². The first-order valence-corrected chi connectivity index (χ1v) is 9.84. The number of hydrogen-bond acceptors (Lipinski definition) is 5. The van der Waals surface area contributed by atoms with Crippen molar-refractivity contribution in [2.24, 2.45) is 7.05 Å². The number of hydrogen-bond donors (Lipinski definition) is 1. The SMILES string of the molecule is Cn1cncc1CN1CC(NC(=O)CN2CCCC2=O)Cc2cc(C#N)ccc21. The molecule has 0 aliphatic carbocycles. The van der Waals surface area contributed by atoms with Crippen LogP contribution < -0.4 is 10.2 Å². The van der Waals surface area contributed by atoms with Gasteiger partial charge in [-0.25, -0.2) is 4.98 Å². The van der Waals surface area contributed by atoms with Gasteiger partial charge in [0.05, 0.1) is 42.8 Å². The Kier molecular flexibility index (Phi) is 5.21. The van der Waals surface area contributed by atoms with Gasteiger partial charge in [0, 0.05) is 38.4 Å². The molecule has 4 rings (SSSR count). The van der Waals surface area contributed by atoms with Crippen LogP contribution in [0.5, 0.6) is 0 Å². The molecule has 2 amide bonds. The summed E-state index contributed by atoms with van der Waals surface area (Å²) in [4.78, 5) is 32.4. The fourth-order valence-electron chi connectivity index (χ4n) is 4.12. The minimum absolute atomic E-state index is 0.0469. The van der Waals surface area contributed by atoms with Crippen molar-refractivity contribution in [3.8, 4) is 6.07 Å². The van der Waals surface area contributed by atoms with Crippen LogP contribution in [0.3, 0.4) is 0 Å². The summed E-state index contributed by atoms with van der Waals surface area (Å²) in [6, 6.07) is 7.80. The van der Waals surface area contributed by atoms with Gasteiger partial charge in [0.1, 0.15) is 0 Å². The third-order valence-corrected chi connectivity index (χ3v) is 5.60. The van der Waals surface area contributed by atoms with E-state index in [1.165, 1.54) is 0 Å². The largest absolute Gasteiger partial charge is 0.363 e. The average Bonchev–Trinajstić information content (AvgIpc) is 3.29. The molecule has 1 aromatic heterocycles. The molecule has 29 heavy (non-hydrogen) atoms. The van der Waals surface area contributed by atoms with Gasteiger partial charge in [0.15, 0.2) is 0 Å². The molecule has 2 aliphatic heterocycles. The zero-order chi connectivity index (χ0) is 20.4. The van der Waals surface area contributed by atoms with E-state index in [0.717, 1.165) is 23.4 Å². The van der Waals surface area contributed by atoms with E-state index < -0.39 is 0 Å². The molecule has 0 radical (unpaired) electrons. The molecule has 1 N–H and O–H groups in total. The number of imidazole rings is 1. The van der Waals surface area contributed by atoms with Crippen LogP contribution in [-0.2, 0) is 29.6 Å². The molecule has 1 fully saturated rings. The highest BCUT2D eigenvalue weighted by atomic mass is 16.2. The molecule has 150 valence electrons. The normalized spacial score (nSPS) is 18.5. The fourth-order valence-corrected chi connectivity index (χ4v) is 4.12. The minimum atomic E-state index is -0.134. The van der Waals surface area contributed by atoms with Gasteiger partial charge in [0.25, 0.3) is 0 Å². The van der Waals surface area contributed by atoms with Gasteiger partial charge in [-0.1, -0.05) is 0 Å². The summed E-state index contributed by atoms with van der Waals surface area (Å²) in [5.41, 5.74) is 3.79. The molecular formula is C21H24N6O2. The van der Waals surface area contributed by atoms with Crippen molar-refractivity contribution in [1.82, 2.24) is 19.8 Å². The van der Waals surface area contributed by atoms with Crippen LogP contribution in [0.2, 0.25) is 0 Å². The van der Waals surface area contributed by atoms with Gasteiger partial charge in [0.2, 0.25) is 11.8 Å². The van der Waals surface area contributed by atoms with Gasteiger partial charge in [-0.2, -0.15) is 5.26 Å². The highest BCUT2D eigenvalue weighted by Gasteiger charge is 2.28. The smallest absolute Gasteiger partial charge is 0.239 e. The number of nitrogens with one attached hydrogen (secondary N) is 1. The Labute approximate surface area is 169 Å². The molecule has 2 aliphatic rings. The Morgan fingerprint density at radius 2 is 2.24 bits per heavy atom. The van der Waals surface area contributed by atoms with Crippen molar-refractivity contribution < 1.29 is 9.59 Å². The second-order valence-electron chi connectivity index (χ2n) is 7.72. The van der Waals surface area contributed by atoms with E-state index in [-0.39, 0.29) is 24.4 Å². The van der Waals surface area contributed by atoms with Crippen LogP contribution in [0.4, 0.5) is 5.69 Å². The zero-order valence-electron chi connectivity index (χ0n) is 16.5. The summed E-state index contributed by atoms with van der Waals surface area (Å²) in [5.74, 6) is -0.0868. The third kappa shape index (κ3) is 4.09. The Morgan fingerprint density at radius 3 is 2.93 bits per heavy atom. The summed E-state index contributed by atoms with van der Waals surface area (Å²) in [5, 5.41) is 12.4. The third-order valence-electron chi connectivity index (χ3n) is 5.60. The molecular weight excluding hydrogens is 368 g/mol. The van der Waals surface area contributed by atoms with E-state index in [2.05, 4.69) is 21.3 Å². The lowest BCUT2D eigenvalue weighted by molar-refractivity contribution is -0.133. The molecule has 3 heterocycles. The first kappa shape index (κ1) is 19.0. The summed E-state index contributed by atoms with van der Waals surface area (Å²) in [6.07, 6.45) is 5.61. The number of nitriles is 1. The number of amides is 2. The predicted octanol–water partition coefficient (Wildman–Crippen LogP) is 0.962. The highest BCUT2D eigenvalue weighted by Crippen LogP contribution is 2.29. The summed E-state index contributed by atoms with van der Waals surface area (Å²) >= 11 is 0. The molecule has 2 aromatic rings. The van der Waals surface area contributed by atoms with Crippen LogP contribution in [0.1, 0.15) is 29.7 Å². The van der Waals surface area contributed by atoms with Crippen molar-refractivity contribution in [3.05, 3.63) is 47.5 Å². The molecule has 0 saturated carbocycles. The average molecular weight is 392 g/mol. The lowest BCUT2D eigenvalue weighted by Gasteiger charge is -2.36. The Balaban J connectivity index is 1.51. The summed E-state index contributed by atoms with van der Waals surface area (Å²) in [7, 11) is 1.96. The highest BCUT2D eigenvalue weighted by molar-refractivity contribution is 5.86. The van der Waals surface area contributed by atoms with E-state index in [1.807, 2.05) is 36.0 Å². The quantitative estimate of drug-likeness (QED) is 0.818. The first-order chi connectivity index (χ1) is 14.0. The topological polar surface area (TPSA) is 94.3 Å². The van der Waals surface area contributed by atoms with Crippen molar-refractivity contribution in [1.29, 1.82) is 5.26 Å². The number of carbonyl (C=O) groups excluding carboxylic acids is 2. The van der Waals surface area contributed by atoms with Gasteiger partial charge in [-0.15, -0.1) is 0 Å². The number of rotatable bonds is 5. The van der Waals surface area contributed by atoms with E-state index in [1.54, 1.807) is 11.2 Å². The van der Waals surface area contributed by atoms with E-state index in [4.69, 9.17) is 0 Å². The number of aromatic nitrogens is 2. The number of fused-ring (bicyclic) bond motifs is 1. The second kappa shape index (κ2) is 7.95. The molecule has 0 bridgehead atoms. The van der Waals surface area contributed by atoms with E-state index in [9.17, 15) is 14.9 Å². The molecule has 1 saturated heterocycles. The van der Waals surface area contributed by atoms with Gasteiger partial charge in [-0.3, -0.25) is 9.59 Å². The maximum absolute atomic E-state index is 12.5. The van der Waals surface area contributed by atoms with Crippen molar-refractivity contribution in [3.63, 3.8) is 0 Å².